The van der Waals surface area contributed by atoms with Crippen molar-refractivity contribution in [1.29, 1.82) is 0 Å². The third-order valence-corrected chi connectivity index (χ3v) is 23.3. The Bertz CT molecular complexity index is 6130. The molecule has 0 saturated heterocycles. The molecule has 0 spiro atoms. The first-order valence-electron chi connectivity index (χ1n) is 43.6. The van der Waals surface area contributed by atoms with Gasteiger partial charge >= 0.3 is 0 Å². The molecule has 0 heterocycles. The number of rotatable bonds is 36. The molecule has 0 saturated carbocycles. The third-order valence-electron chi connectivity index (χ3n) is 23.3. The molecular weight excluding hydrogens is 1600 g/mol. The van der Waals surface area contributed by atoms with Gasteiger partial charge in [-0.25, -0.2) is 0 Å². The van der Waals surface area contributed by atoms with Crippen molar-refractivity contribution in [3.8, 4) is 69.0 Å². The Hall–Kier alpha value is -15.9. The van der Waals surface area contributed by atoms with Crippen LogP contribution in [0, 0.1) is 5.41 Å². The van der Waals surface area contributed by atoms with Crippen LogP contribution < -0.4 is 56.8 Å². The van der Waals surface area contributed by atoms with Gasteiger partial charge in [0.25, 0.3) is 0 Å². The highest BCUT2D eigenvalue weighted by Gasteiger charge is 2.37. The molecule has 0 atom stereocenters. The molecule has 0 aliphatic carbocycles. The summed E-state index contributed by atoms with van der Waals surface area (Å²) >= 11 is 0. The average Bonchev–Trinajstić information content (AvgIpc) is 0.816. The largest absolute Gasteiger partial charge is 0.492 e. The molecule has 0 radical (unpaired) electrons. The lowest BCUT2D eigenvalue weighted by atomic mass is 9.92. The minimum absolute atomic E-state index is 0.0956. The molecule has 632 valence electrons. The van der Waals surface area contributed by atoms with E-state index in [0.717, 1.165) is 131 Å². The van der Waals surface area contributed by atoms with E-state index in [9.17, 15) is 0 Å². The molecule has 12 heteroatoms. The van der Waals surface area contributed by atoms with Crippen LogP contribution in [0.3, 0.4) is 0 Å². The van der Waals surface area contributed by atoms with Gasteiger partial charge in [-0.1, -0.05) is 291 Å². The van der Waals surface area contributed by atoms with Gasteiger partial charge in [0.1, 0.15) is 154 Å². The number of hydrogen-bond acceptors (Lipinski definition) is 12. The molecular formula is C117H92O12. The summed E-state index contributed by atoms with van der Waals surface area (Å²) in [7, 11) is 0. The number of benzene rings is 20. The smallest absolute Gasteiger partial charge is 0.127 e. The number of ether oxygens (including phenoxy) is 12. The summed E-state index contributed by atoms with van der Waals surface area (Å²) in [4.78, 5) is 0. The predicted molar refractivity (Wildman–Crippen MR) is 516 cm³/mol. The molecule has 0 bridgehead atoms. The Labute approximate surface area is 749 Å². The van der Waals surface area contributed by atoms with Crippen LogP contribution >= 0.6 is 0 Å². The van der Waals surface area contributed by atoms with Crippen molar-refractivity contribution >= 4 is 86.2 Å². The molecule has 0 aromatic heterocycles. The highest BCUT2D eigenvalue weighted by Crippen LogP contribution is 2.40. The Kier molecular flexibility index (Phi) is 24.2. The first kappa shape index (κ1) is 81.4. The molecule has 129 heavy (non-hydrogen) atoms. The Morgan fingerprint density at radius 2 is 0.233 bits per heavy atom. The molecule has 12 nitrogen and oxygen atoms in total. The normalized spacial score (nSPS) is 11.5. The summed E-state index contributed by atoms with van der Waals surface area (Å²) in [5.41, 5.74) is 6.63. The van der Waals surface area contributed by atoms with E-state index in [4.69, 9.17) is 56.8 Å². The van der Waals surface area contributed by atoms with Crippen LogP contribution in [0.15, 0.2) is 413 Å². The number of fused-ring (bicyclic) bond motifs is 8. The molecule has 0 aliphatic heterocycles. The molecule has 0 N–H and O–H groups in total. The van der Waals surface area contributed by atoms with Crippen LogP contribution in [0.25, 0.3) is 86.2 Å². The van der Waals surface area contributed by atoms with Gasteiger partial charge in [-0.2, -0.15) is 0 Å². The lowest BCUT2D eigenvalue weighted by molar-refractivity contribution is -0.00393. The van der Waals surface area contributed by atoms with Gasteiger partial charge < -0.3 is 56.8 Å². The first-order chi connectivity index (χ1) is 63.6. The second-order valence-electron chi connectivity index (χ2n) is 33.0. The summed E-state index contributed by atoms with van der Waals surface area (Å²) < 4.78 is 84.5. The van der Waals surface area contributed by atoms with Crippen molar-refractivity contribution in [2.24, 2.45) is 5.41 Å². The van der Waals surface area contributed by atoms with Crippen molar-refractivity contribution in [1.82, 2.24) is 0 Å². The van der Waals surface area contributed by atoms with Gasteiger partial charge in [0, 0.05) is 72.8 Å². The van der Waals surface area contributed by atoms with E-state index in [1.54, 1.807) is 0 Å². The van der Waals surface area contributed by atoms with Crippen molar-refractivity contribution < 1.29 is 56.8 Å². The molecule has 0 unspecified atom stereocenters. The highest BCUT2D eigenvalue weighted by molar-refractivity contribution is 5.88. The average molecular weight is 1690 g/mol. The minimum Gasteiger partial charge on any atom is -0.492 e. The lowest BCUT2D eigenvalue weighted by Crippen LogP contribution is -2.45. The maximum Gasteiger partial charge on any atom is 0.127 e. The summed E-state index contributed by atoms with van der Waals surface area (Å²) in [6, 6.07) is 141. The monoisotopic (exact) mass is 1690 g/mol. The van der Waals surface area contributed by atoms with Crippen LogP contribution in [0.2, 0.25) is 0 Å². The van der Waals surface area contributed by atoms with E-state index >= 15 is 0 Å². The zero-order chi connectivity index (χ0) is 86.3. The van der Waals surface area contributed by atoms with E-state index in [2.05, 4.69) is 243 Å². The maximum atomic E-state index is 7.44. The van der Waals surface area contributed by atoms with Gasteiger partial charge in [-0.15, -0.1) is 0 Å². The van der Waals surface area contributed by atoms with E-state index in [-0.39, 0.29) is 79.3 Å². The van der Waals surface area contributed by atoms with Gasteiger partial charge in [-0.05, 0) is 179 Å². The predicted octanol–water partition coefficient (Wildman–Crippen LogP) is 28.1. The van der Waals surface area contributed by atoms with Gasteiger partial charge in [-0.3, -0.25) is 0 Å². The molecule has 0 amide bonds. The summed E-state index contributed by atoms with van der Waals surface area (Å²) in [5, 5.41) is 18.0. The van der Waals surface area contributed by atoms with Crippen LogP contribution in [0.4, 0.5) is 0 Å². The van der Waals surface area contributed by atoms with Crippen molar-refractivity contribution in [2.45, 2.75) is 52.9 Å². The Morgan fingerprint density at radius 1 is 0.116 bits per heavy atom. The summed E-state index contributed by atoms with van der Waals surface area (Å²) in [6.45, 7) is 1.69. The SMILES string of the molecule is c1ccc2cc(COc3cc(OCc4ccc5ccccc5c4)cc(OCC(COc4cc(OCc5ccc6ccccc6c5)cc(OCc5ccc6ccccc6c5)c4)(COc4cc(OCc5ccc6ccccc6c5)cc(OCc5ccc6ccccc6c5)c4)COc4cc(OCc5ccc6ccccc6c5)cc(OCc5ccc6ccccc6c5)c4)c3)ccc2c1. The fourth-order valence-corrected chi connectivity index (χ4v) is 16.3. The van der Waals surface area contributed by atoms with E-state index < -0.39 is 5.41 Å². The zero-order valence-corrected chi connectivity index (χ0v) is 71.1. The molecule has 20 aromatic rings. The first-order valence-corrected chi connectivity index (χ1v) is 43.6. The van der Waals surface area contributed by atoms with E-state index in [1.165, 1.54) is 0 Å². The van der Waals surface area contributed by atoms with Gasteiger partial charge in [0.05, 0.1) is 0 Å². The maximum absolute atomic E-state index is 7.44. The fourth-order valence-electron chi connectivity index (χ4n) is 16.3. The van der Waals surface area contributed by atoms with Crippen LogP contribution in [0.1, 0.15) is 44.5 Å². The second-order valence-corrected chi connectivity index (χ2v) is 33.0. The molecule has 0 aliphatic rings. The van der Waals surface area contributed by atoms with Crippen LogP contribution in [0.5, 0.6) is 69.0 Å². The summed E-state index contributed by atoms with van der Waals surface area (Å²) in [6.07, 6.45) is 0. The van der Waals surface area contributed by atoms with E-state index in [0.29, 0.717) is 69.0 Å². The second kappa shape index (κ2) is 38.3. The highest BCUT2D eigenvalue weighted by atomic mass is 16.5. The quantitative estimate of drug-likeness (QED) is 0.0373. The lowest BCUT2D eigenvalue weighted by Gasteiger charge is -2.33. The zero-order valence-electron chi connectivity index (χ0n) is 71.1. The number of hydrogen-bond donors (Lipinski definition) is 0. The topological polar surface area (TPSA) is 111 Å². The van der Waals surface area contributed by atoms with Crippen molar-refractivity contribution in [3.05, 3.63) is 457 Å². The molecule has 20 rings (SSSR count). The van der Waals surface area contributed by atoms with Gasteiger partial charge in [0.15, 0.2) is 0 Å². The Balaban J connectivity index is 0.699. The van der Waals surface area contributed by atoms with Crippen molar-refractivity contribution in [2.75, 3.05) is 26.4 Å². The van der Waals surface area contributed by atoms with Crippen LogP contribution in [-0.4, -0.2) is 26.4 Å². The molecule has 0 fully saturated rings. The third kappa shape index (κ3) is 20.7. The van der Waals surface area contributed by atoms with Crippen LogP contribution in [-0.2, 0) is 52.9 Å². The van der Waals surface area contributed by atoms with E-state index in [1.807, 2.05) is 170 Å². The fraction of sp³-hybridized carbons (Fsp3) is 0.111. The minimum atomic E-state index is -1.30. The Morgan fingerprint density at radius 3 is 0.364 bits per heavy atom. The standard InChI is InChI=1S/C117H92O12/c1-9-25-97-49-81(33-41-89(97)17-1)69-118-105-57-106(119-70-82-34-42-90-18-2-10-26-98(90)50-82)62-113(61-105)126-77-117(78-127-114-63-107(120-71-83-35-43-91-19-3-11-27-99(91)51-83)58-108(64-114)121-72-84-36-44-92-20-4-12-28-100(92)52-84,79-128-115-65-109(122-73-85-37-45-93-21-5-13-29-101(93)53-85)59-110(66-115)123-74-86-38-46-94-22-6-14-30-102(94)54-86)80-129-116-67-111(124-75-87-39-47-95-23-7-15-31-103(95)55-87)60-112(68-116)125-76-88-40-48-96-24-8-16-32-104(96)56-88/h1-68H,69-80H2. The van der Waals surface area contributed by atoms with Gasteiger partial charge in [0.2, 0.25) is 0 Å². The van der Waals surface area contributed by atoms with Crippen molar-refractivity contribution in [3.63, 3.8) is 0 Å². The molecule has 20 aromatic carbocycles. The summed E-state index contributed by atoms with van der Waals surface area (Å²) in [5.74, 6) is 5.95.